The van der Waals surface area contributed by atoms with Crippen LogP contribution in [0.5, 0.6) is 0 Å². The minimum atomic E-state index is -0.291. The van der Waals surface area contributed by atoms with Gasteiger partial charge >= 0.3 is 0 Å². The first-order valence-corrected chi connectivity index (χ1v) is 7.44. The van der Waals surface area contributed by atoms with Crippen molar-refractivity contribution in [3.63, 3.8) is 0 Å². The Balaban J connectivity index is 1.83. The molecule has 0 spiro atoms. The van der Waals surface area contributed by atoms with Gasteiger partial charge in [0.15, 0.2) is 0 Å². The van der Waals surface area contributed by atoms with Crippen LogP contribution in [0.15, 0.2) is 42.5 Å². The molecule has 0 amide bonds. The zero-order valence-electron chi connectivity index (χ0n) is 11.5. The summed E-state index contributed by atoms with van der Waals surface area (Å²) in [6, 6.07) is 14.7. The monoisotopic (exact) mass is 254 g/mol. The molecule has 1 aliphatic rings. The van der Waals surface area contributed by atoms with Crippen molar-refractivity contribution in [1.82, 2.24) is 0 Å². The van der Waals surface area contributed by atoms with Crippen LogP contribution >= 0.6 is 0 Å². The maximum absolute atomic E-state index is 10.6. The van der Waals surface area contributed by atoms with E-state index in [1.807, 2.05) is 0 Å². The lowest BCUT2D eigenvalue weighted by Crippen LogP contribution is -2.09. The molecular formula is C18H22O. The van der Waals surface area contributed by atoms with Gasteiger partial charge in [-0.3, -0.25) is 0 Å². The van der Waals surface area contributed by atoms with Gasteiger partial charge in [0, 0.05) is 0 Å². The third kappa shape index (κ3) is 2.52. The Kier molecular flexibility index (Phi) is 3.56. The summed E-state index contributed by atoms with van der Waals surface area (Å²) in [5.74, 6) is 1.27. The third-order valence-corrected chi connectivity index (χ3v) is 4.72. The van der Waals surface area contributed by atoms with Crippen molar-refractivity contribution in [2.24, 2.45) is 11.8 Å². The molecule has 2 aromatic carbocycles. The smallest absolute Gasteiger partial charge is 0.0818 e. The second-order valence-corrected chi connectivity index (χ2v) is 5.90. The zero-order valence-corrected chi connectivity index (χ0v) is 11.5. The average Bonchev–Trinajstić information content (AvgIpc) is 2.95. The molecule has 1 nitrogen and oxygen atoms in total. The van der Waals surface area contributed by atoms with Crippen LogP contribution in [-0.2, 0) is 0 Å². The largest absolute Gasteiger partial charge is 0.388 e. The van der Waals surface area contributed by atoms with Crippen molar-refractivity contribution in [3.8, 4) is 0 Å². The molecule has 0 saturated heterocycles. The fourth-order valence-corrected chi connectivity index (χ4v) is 3.44. The molecule has 0 radical (unpaired) electrons. The van der Waals surface area contributed by atoms with Crippen LogP contribution in [0.3, 0.4) is 0 Å². The number of hydrogen-bond acceptors (Lipinski definition) is 1. The van der Waals surface area contributed by atoms with Gasteiger partial charge in [0.2, 0.25) is 0 Å². The Hall–Kier alpha value is -1.34. The highest BCUT2D eigenvalue weighted by Gasteiger charge is 2.29. The van der Waals surface area contributed by atoms with E-state index in [-0.39, 0.29) is 6.10 Å². The van der Waals surface area contributed by atoms with E-state index in [0.29, 0.717) is 5.92 Å². The van der Waals surface area contributed by atoms with E-state index in [1.165, 1.54) is 36.5 Å². The van der Waals surface area contributed by atoms with E-state index in [2.05, 4.69) is 49.4 Å². The Morgan fingerprint density at radius 1 is 1.11 bits per heavy atom. The molecule has 0 bridgehead atoms. The molecule has 3 unspecified atom stereocenters. The normalized spacial score (nSPS) is 24.7. The van der Waals surface area contributed by atoms with Crippen molar-refractivity contribution < 1.29 is 5.11 Å². The van der Waals surface area contributed by atoms with E-state index >= 15 is 0 Å². The molecule has 100 valence electrons. The number of benzene rings is 2. The standard InChI is InChI=1S/C18H22O/c1-2-13-7-8-16(11-13)18(19)17-10-9-14-5-3-4-6-15(14)12-17/h3-6,9-10,12-13,16,18-19H,2,7-8,11H2,1H3. The predicted octanol–water partition coefficient (Wildman–Crippen LogP) is 4.70. The van der Waals surface area contributed by atoms with E-state index < -0.39 is 0 Å². The molecule has 1 aliphatic carbocycles. The van der Waals surface area contributed by atoms with Crippen LogP contribution in [0.25, 0.3) is 10.8 Å². The van der Waals surface area contributed by atoms with Gasteiger partial charge < -0.3 is 5.11 Å². The highest BCUT2D eigenvalue weighted by molar-refractivity contribution is 5.83. The first-order chi connectivity index (χ1) is 9.28. The molecule has 1 N–H and O–H groups in total. The fraction of sp³-hybridized carbons (Fsp3) is 0.444. The Morgan fingerprint density at radius 2 is 1.89 bits per heavy atom. The zero-order chi connectivity index (χ0) is 13.2. The van der Waals surface area contributed by atoms with E-state index in [4.69, 9.17) is 0 Å². The summed E-state index contributed by atoms with van der Waals surface area (Å²) in [6.45, 7) is 2.26. The molecule has 1 heteroatoms. The van der Waals surface area contributed by atoms with Crippen LogP contribution < -0.4 is 0 Å². The van der Waals surface area contributed by atoms with Gasteiger partial charge in [-0.15, -0.1) is 0 Å². The maximum Gasteiger partial charge on any atom is 0.0818 e. The van der Waals surface area contributed by atoms with Gasteiger partial charge in [-0.2, -0.15) is 0 Å². The average molecular weight is 254 g/mol. The number of rotatable bonds is 3. The SMILES string of the molecule is CCC1CCC(C(O)c2ccc3ccccc3c2)C1. The van der Waals surface area contributed by atoms with Crippen molar-refractivity contribution in [3.05, 3.63) is 48.0 Å². The maximum atomic E-state index is 10.6. The van der Waals surface area contributed by atoms with Crippen LogP contribution in [0.4, 0.5) is 0 Å². The van der Waals surface area contributed by atoms with Crippen molar-refractivity contribution >= 4 is 10.8 Å². The number of aliphatic hydroxyl groups is 1. The Bertz CT molecular complexity index is 560. The summed E-state index contributed by atoms with van der Waals surface area (Å²) < 4.78 is 0. The molecule has 1 fully saturated rings. The van der Waals surface area contributed by atoms with Crippen molar-refractivity contribution in [2.45, 2.75) is 38.7 Å². The lowest BCUT2D eigenvalue weighted by Gasteiger charge is -2.19. The minimum Gasteiger partial charge on any atom is -0.388 e. The van der Waals surface area contributed by atoms with Crippen LogP contribution in [0, 0.1) is 11.8 Å². The molecule has 1 saturated carbocycles. The van der Waals surface area contributed by atoms with Crippen LogP contribution in [-0.4, -0.2) is 5.11 Å². The summed E-state index contributed by atoms with van der Waals surface area (Å²) in [7, 11) is 0. The summed E-state index contributed by atoms with van der Waals surface area (Å²) in [5, 5.41) is 13.1. The lowest BCUT2D eigenvalue weighted by molar-refractivity contribution is 0.109. The molecule has 3 rings (SSSR count). The van der Waals surface area contributed by atoms with E-state index in [1.54, 1.807) is 0 Å². The summed E-state index contributed by atoms with van der Waals surface area (Å²) in [6.07, 6.45) is 4.60. The first-order valence-electron chi connectivity index (χ1n) is 7.44. The van der Waals surface area contributed by atoms with E-state index in [9.17, 15) is 5.11 Å². The highest BCUT2D eigenvalue weighted by Crippen LogP contribution is 2.40. The second-order valence-electron chi connectivity index (χ2n) is 5.90. The molecule has 3 atom stereocenters. The summed E-state index contributed by atoms with van der Waals surface area (Å²) >= 11 is 0. The first kappa shape index (κ1) is 12.7. The molecule has 19 heavy (non-hydrogen) atoms. The van der Waals surface area contributed by atoms with Gasteiger partial charge in [-0.1, -0.05) is 56.2 Å². The van der Waals surface area contributed by atoms with Crippen molar-refractivity contribution in [2.75, 3.05) is 0 Å². The third-order valence-electron chi connectivity index (χ3n) is 4.72. The predicted molar refractivity (Wildman–Crippen MR) is 80.0 cm³/mol. The van der Waals surface area contributed by atoms with Gasteiger partial charge in [-0.05, 0) is 47.1 Å². The minimum absolute atomic E-state index is 0.291. The summed E-state index contributed by atoms with van der Waals surface area (Å²) in [5.41, 5.74) is 1.08. The Morgan fingerprint density at radius 3 is 2.63 bits per heavy atom. The van der Waals surface area contributed by atoms with Crippen LogP contribution in [0.2, 0.25) is 0 Å². The molecule has 0 heterocycles. The lowest BCUT2D eigenvalue weighted by atomic mass is 9.92. The number of fused-ring (bicyclic) bond motifs is 1. The quantitative estimate of drug-likeness (QED) is 0.841. The molecule has 0 aliphatic heterocycles. The van der Waals surface area contributed by atoms with Crippen LogP contribution in [0.1, 0.15) is 44.3 Å². The highest BCUT2D eigenvalue weighted by atomic mass is 16.3. The van der Waals surface area contributed by atoms with Gasteiger partial charge in [0.1, 0.15) is 0 Å². The molecular weight excluding hydrogens is 232 g/mol. The molecule has 2 aromatic rings. The van der Waals surface area contributed by atoms with Gasteiger partial charge in [-0.25, -0.2) is 0 Å². The second kappa shape index (κ2) is 5.34. The fourth-order valence-electron chi connectivity index (χ4n) is 3.44. The summed E-state index contributed by atoms with van der Waals surface area (Å²) in [4.78, 5) is 0. The number of aliphatic hydroxyl groups excluding tert-OH is 1. The van der Waals surface area contributed by atoms with Gasteiger partial charge in [0.05, 0.1) is 6.10 Å². The topological polar surface area (TPSA) is 20.2 Å². The van der Waals surface area contributed by atoms with Crippen molar-refractivity contribution in [1.29, 1.82) is 0 Å². The number of hydrogen-bond donors (Lipinski definition) is 1. The van der Waals surface area contributed by atoms with Gasteiger partial charge in [0.25, 0.3) is 0 Å². The molecule has 0 aromatic heterocycles. The Labute approximate surface area is 115 Å². The van der Waals surface area contributed by atoms with E-state index in [0.717, 1.165) is 11.5 Å².